The first-order chi connectivity index (χ1) is 12.8. The molecule has 152 valence electrons. The molecule has 3 atom stereocenters. The molecular weight excluding hydrogens is 346 g/mol. The third kappa shape index (κ3) is 4.79. The Hall–Kier alpha value is -1.66. The van der Waals surface area contributed by atoms with Crippen molar-refractivity contribution in [2.45, 2.75) is 59.2 Å². The summed E-state index contributed by atoms with van der Waals surface area (Å²) in [5.41, 5.74) is 1.57. The van der Waals surface area contributed by atoms with Crippen LogP contribution < -0.4 is 0 Å². The highest BCUT2D eigenvalue weighted by Gasteiger charge is 2.39. The maximum atomic E-state index is 13.1. The summed E-state index contributed by atoms with van der Waals surface area (Å²) in [6, 6.07) is 0. The van der Waals surface area contributed by atoms with Crippen LogP contribution in [0.5, 0.6) is 0 Å². The zero-order chi connectivity index (χ0) is 20.1. The van der Waals surface area contributed by atoms with Gasteiger partial charge in [0.25, 0.3) is 5.91 Å². The van der Waals surface area contributed by atoms with Gasteiger partial charge in [-0.15, -0.1) is 0 Å². The number of allylic oxidation sites excluding steroid dienone is 2. The second-order valence-electron chi connectivity index (χ2n) is 7.69. The van der Waals surface area contributed by atoms with Gasteiger partial charge in [0.05, 0.1) is 30.0 Å². The number of amides is 1. The van der Waals surface area contributed by atoms with E-state index in [4.69, 9.17) is 14.2 Å². The number of carbonyl (C=O) groups excluding carboxylic acids is 2. The van der Waals surface area contributed by atoms with E-state index in [2.05, 4.69) is 13.8 Å². The summed E-state index contributed by atoms with van der Waals surface area (Å²) in [6.07, 6.45) is 4.55. The first-order valence-electron chi connectivity index (χ1n) is 9.81. The van der Waals surface area contributed by atoms with Gasteiger partial charge < -0.3 is 19.1 Å². The molecule has 1 saturated carbocycles. The van der Waals surface area contributed by atoms with Crippen molar-refractivity contribution in [3.8, 4) is 0 Å². The lowest BCUT2D eigenvalue weighted by Gasteiger charge is -2.33. The molecule has 0 aromatic heterocycles. The highest BCUT2D eigenvalue weighted by atomic mass is 16.5. The van der Waals surface area contributed by atoms with Gasteiger partial charge in [0, 0.05) is 26.5 Å². The van der Waals surface area contributed by atoms with Crippen LogP contribution in [-0.4, -0.2) is 56.4 Å². The molecule has 2 aliphatic rings. The largest absolute Gasteiger partial charge is 0.462 e. The molecule has 27 heavy (non-hydrogen) atoms. The van der Waals surface area contributed by atoms with Crippen molar-refractivity contribution in [3.63, 3.8) is 0 Å². The Balaban J connectivity index is 2.33. The smallest absolute Gasteiger partial charge is 0.340 e. The number of esters is 1. The third-order valence-electron chi connectivity index (χ3n) is 5.32. The van der Waals surface area contributed by atoms with Gasteiger partial charge >= 0.3 is 5.97 Å². The van der Waals surface area contributed by atoms with Crippen LogP contribution in [-0.2, 0) is 23.8 Å². The SMILES string of the molecule is CCOC(=O)C1=C(C)N(CC(C)C)C(=O)/C1=C\C1CCC(OC)C(OC)C1. The second kappa shape index (κ2) is 9.51. The minimum absolute atomic E-state index is 0.00927. The zero-order valence-corrected chi connectivity index (χ0v) is 17.4. The molecule has 6 heteroatoms. The Kier molecular flexibility index (Phi) is 7.62. The van der Waals surface area contributed by atoms with E-state index < -0.39 is 5.97 Å². The average Bonchev–Trinajstić information content (AvgIpc) is 2.85. The van der Waals surface area contributed by atoms with Crippen molar-refractivity contribution >= 4 is 11.9 Å². The van der Waals surface area contributed by atoms with E-state index in [0.717, 1.165) is 19.3 Å². The van der Waals surface area contributed by atoms with E-state index in [1.165, 1.54) is 0 Å². The van der Waals surface area contributed by atoms with E-state index >= 15 is 0 Å². The van der Waals surface area contributed by atoms with Crippen LogP contribution in [0, 0.1) is 11.8 Å². The summed E-state index contributed by atoms with van der Waals surface area (Å²) in [7, 11) is 3.39. The fourth-order valence-corrected chi connectivity index (χ4v) is 3.97. The fraction of sp³-hybridized carbons (Fsp3) is 0.714. The standard InChI is InChI=1S/C21H33NO5/c1-7-27-21(24)19-14(4)22(12-13(2)3)20(23)16(19)10-15-8-9-17(25-5)18(11-15)26-6/h10,13,15,17-18H,7-9,11-12H2,1-6H3/b16-10-. The number of nitrogens with zero attached hydrogens (tertiary/aromatic N) is 1. The number of ether oxygens (including phenoxy) is 3. The molecule has 1 amide bonds. The summed E-state index contributed by atoms with van der Waals surface area (Å²) < 4.78 is 16.3. The lowest BCUT2D eigenvalue weighted by Crippen LogP contribution is -2.36. The van der Waals surface area contributed by atoms with Crippen molar-refractivity contribution in [3.05, 3.63) is 22.9 Å². The molecule has 1 aliphatic carbocycles. The summed E-state index contributed by atoms with van der Waals surface area (Å²) >= 11 is 0. The number of hydrogen-bond donors (Lipinski definition) is 0. The van der Waals surface area contributed by atoms with Gasteiger partial charge in [-0.1, -0.05) is 19.9 Å². The molecule has 1 aliphatic heterocycles. The van der Waals surface area contributed by atoms with Crippen molar-refractivity contribution < 1.29 is 23.8 Å². The topological polar surface area (TPSA) is 65.1 Å². The quantitative estimate of drug-likeness (QED) is 0.502. The molecule has 0 aromatic rings. The maximum absolute atomic E-state index is 13.1. The van der Waals surface area contributed by atoms with Gasteiger partial charge in [0.15, 0.2) is 0 Å². The molecule has 0 N–H and O–H groups in total. The summed E-state index contributed by atoms with van der Waals surface area (Å²) in [5, 5.41) is 0. The van der Waals surface area contributed by atoms with Crippen LogP contribution in [0.15, 0.2) is 22.9 Å². The van der Waals surface area contributed by atoms with Gasteiger partial charge in [-0.05, 0) is 44.9 Å². The highest BCUT2D eigenvalue weighted by Crippen LogP contribution is 2.35. The molecule has 0 saturated heterocycles. The van der Waals surface area contributed by atoms with Crippen LogP contribution in [0.4, 0.5) is 0 Å². The van der Waals surface area contributed by atoms with Crippen LogP contribution in [0.2, 0.25) is 0 Å². The molecule has 1 fully saturated rings. The molecular formula is C21H33NO5. The van der Waals surface area contributed by atoms with Crippen molar-refractivity contribution in [1.29, 1.82) is 0 Å². The highest BCUT2D eigenvalue weighted by molar-refractivity contribution is 6.13. The average molecular weight is 379 g/mol. The van der Waals surface area contributed by atoms with E-state index in [1.54, 1.807) is 26.0 Å². The van der Waals surface area contributed by atoms with Crippen LogP contribution in [0.1, 0.15) is 47.0 Å². The molecule has 1 heterocycles. The van der Waals surface area contributed by atoms with E-state index in [9.17, 15) is 9.59 Å². The fourth-order valence-electron chi connectivity index (χ4n) is 3.97. The maximum Gasteiger partial charge on any atom is 0.340 e. The predicted molar refractivity (Wildman–Crippen MR) is 103 cm³/mol. The first-order valence-corrected chi connectivity index (χ1v) is 9.81. The Bertz CT molecular complexity index is 622. The van der Waals surface area contributed by atoms with E-state index in [1.807, 2.05) is 13.0 Å². The minimum Gasteiger partial charge on any atom is -0.462 e. The minimum atomic E-state index is -0.422. The van der Waals surface area contributed by atoms with E-state index in [0.29, 0.717) is 29.3 Å². The summed E-state index contributed by atoms with van der Waals surface area (Å²) in [4.78, 5) is 27.3. The van der Waals surface area contributed by atoms with E-state index in [-0.39, 0.29) is 30.6 Å². The van der Waals surface area contributed by atoms with Gasteiger partial charge in [-0.25, -0.2) is 4.79 Å². The number of hydrogen-bond acceptors (Lipinski definition) is 5. The Morgan fingerprint density at radius 3 is 2.44 bits per heavy atom. The number of carbonyl (C=O) groups is 2. The molecule has 0 bridgehead atoms. The Morgan fingerprint density at radius 1 is 1.22 bits per heavy atom. The summed E-state index contributed by atoms with van der Waals surface area (Å²) in [5.74, 6) is -0.0555. The predicted octanol–water partition coefficient (Wildman–Crippen LogP) is 3.08. The Morgan fingerprint density at radius 2 is 1.89 bits per heavy atom. The molecule has 0 aromatic carbocycles. The van der Waals surface area contributed by atoms with Gasteiger partial charge in [0.2, 0.25) is 0 Å². The van der Waals surface area contributed by atoms with Crippen molar-refractivity contribution in [2.75, 3.05) is 27.4 Å². The molecule has 0 spiro atoms. The summed E-state index contributed by atoms with van der Waals surface area (Å²) in [6.45, 7) is 8.58. The third-order valence-corrected chi connectivity index (χ3v) is 5.32. The number of rotatable bonds is 7. The van der Waals surface area contributed by atoms with Gasteiger partial charge in [-0.3, -0.25) is 4.79 Å². The van der Waals surface area contributed by atoms with Gasteiger partial charge in [-0.2, -0.15) is 0 Å². The second-order valence-corrected chi connectivity index (χ2v) is 7.69. The van der Waals surface area contributed by atoms with Crippen molar-refractivity contribution in [1.82, 2.24) is 4.90 Å². The monoisotopic (exact) mass is 379 g/mol. The lowest BCUT2D eigenvalue weighted by atomic mass is 9.83. The lowest BCUT2D eigenvalue weighted by molar-refractivity contribution is -0.138. The molecule has 0 radical (unpaired) electrons. The van der Waals surface area contributed by atoms with Crippen LogP contribution >= 0.6 is 0 Å². The van der Waals surface area contributed by atoms with Gasteiger partial charge in [0.1, 0.15) is 0 Å². The molecule has 2 rings (SSSR count). The van der Waals surface area contributed by atoms with Crippen LogP contribution in [0.25, 0.3) is 0 Å². The van der Waals surface area contributed by atoms with Crippen LogP contribution in [0.3, 0.4) is 0 Å². The first kappa shape index (κ1) is 21.6. The molecule has 6 nitrogen and oxygen atoms in total. The molecule has 3 unspecified atom stereocenters. The normalized spacial score (nSPS) is 27.8. The zero-order valence-electron chi connectivity index (χ0n) is 17.4. The number of methoxy groups -OCH3 is 2. The van der Waals surface area contributed by atoms with Crippen molar-refractivity contribution in [2.24, 2.45) is 11.8 Å². The Labute approximate surface area is 162 Å².